The van der Waals surface area contributed by atoms with Crippen molar-refractivity contribution in [3.05, 3.63) is 24.3 Å². The van der Waals surface area contributed by atoms with Crippen LogP contribution in [-0.4, -0.2) is 38.3 Å². The van der Waals surface area contributed by atoms with Crippen molar-refractivity contribution in [1.29, 1.82) is 0 Å². The number of anilines is 1. The largest absolute Gasteiger partial charge is 0.494 e. The van der Waals surface area contributed by atoms with Gasteiger partial charge in [0.2, 0.25) is 0 Å². The number of carbonyl (C=O) groups excluding carboxylic acids is 1. The summed E-state index contributed by atoms with van der Waals surface area (Å²) in [6.45, 7) is 6.09. The predicted octanol–water partition coefficient (Wildman–Crippen LogP) is 3.62. The second kappa shape index (κ2) is 10.4. The number of hydrogen-bond donors (Lipinski definition) is 1. The Balaban J connectivity index is 1.58. The van der Waals surface area contributed by atoms with Gasteiger partial charge in [0.05, 0.1) is 32.1 Å². The highest BCUT2D eigenvalue weighted by molar-refractivity contribution is 5.86. The Morgan fingerprint density at radius 1 is 1.15 bits per heavy atom. The third-order valence-corrected chi connectivity index (χ3v) is 4.27. The van der Waals surface area contributed by atoms with Crippen LogP contribution in [0.1, 0.15) is 46.0 Å². The van der Waals surface area contributed by atoms with E-state index in [0.29, 0.717) is 25.5 Å². The third-order valence-electron chi connectivity index (χ3n) is 4.27. The van der Waals surface area contributed by atoms with Gasteiger partial charge in [-0.1, -0.05) is 12.8 Å². The van der Waals surface area contributed by atoms with Crippen molar-refractivity contribution >= 4 is 11.8 Å². The minimum atomic E-state index is -0.580. The number of nitrogens with two attached hydrogens (primary N) is 1. The lowest BCUT2D eigenvalue weighted by Gasteiger charge is -2.21. The van der Waals surface area contributed by atoms with E-state index >= 15 is 0 Å². The first-order chi connectivity index (χ1) is 12.5. The van der Waals surface area contributed by atoms with E-state index in [4.69, 9.17) is 24.8 Å². The average molecular weight is 366 g/mol. The summed E-state index contributed by atoms with van der Waals surface area (Å²) < 4.78 is 21.8. The third kappa shape index (κ3) is 6.48. The molecule has 26 heavy (non-hydrogen) atoms. The van der Waals surface area contributed by atoms with Crippen LogP contribution in [0.15, 0.2) is 24.3 Å². The van der Waals surface area contributed by atoms with Gasteiger partial charge in [0.25, 0.3) is 0 Å². The monoisotopic (exact) mass is 366 g/mol. The molecule has 1 saturated heterocycles. The van der Waals surface area contributed by atoms with E-state index in [1.807, 2.05) is 6.92 Å². The van der Waals surface area contributed by atoms with Crippen LogP contribution < -0.4 is 15.6 Å². The summed E-state index contributed by atoms with van der Waals surface area (Å²) in [7, 11) is 0. The van der Waals surface area contributed by atoms with Crippen LogP contribution in [0.4, 0.5) is 10.5 Å². The molecule has 2 rings (SSSR count). The van der Waals surface area contributed by atoms with Crippen LogP contribution in [-0.2, 0) is 14.2 Å². The van der Waals surface area contributed by atoms with Gasteiger partial charge in [-0.25, -0.2) is 15.6 Å². The van der Waals surface area contributed by atoms with Crippen molar-refractivity contribution in [3.8, 4) is 5.75 Å². The van der Waals surface area contributed by atoms with Gasteiger partial charge in [-0.05, 0) is 51.0 Å². The standard InChI is InChI=1S/C19H30N2O5/c1-3-23-18(22)21(20)16-8-10-17(11-9-16)24-13-7-5-4-6-12-19(2)25-14-15-26-19/h8-11H,3-7,12-15,20H2,1-2H3. The van der Waals surface area contributed by atoms with Crippen molar-refractivity contribution in [2.45, 2.75) is 51.7 Å². The van der Waals surface area contributed by atoms with Gasteiger partial charge in [0.1, 0.15) is 5.75 Å². The summed E-state index contributed by atoms with van der Waals surface area (Å²) in [6, 6.07) is 7.05. The van der Waals surface area contributed by atoms with Crippen molar-refractivity contribution in [2.24, 2.45) is 5.84 Å². The predicted molar refractivity (Wildman–Crippen MR) is 99.0 cm³/mol. The van der Waals surface area contributed by atoms with Crippen molar-refractivity contribution in [2.75, 3.05) is 31.4 Å². The van der Waals surface area contributed by atoms with Gasteiger partial charge in [0.15, 0.2) is 5.79 Å². The van der Waals surface area contributed by atoms with Gasteiger partial charge < -0.3 is 18.9 Å². The molecule has 1 fully saturated rings. The number of unbranched alkanes of at least 4 members (excludes halogenated alkanes) is 3. The minimum absolute atomic E-state index is 0.285. The van der Waals surface area contributed by atoms with Gasteiger partial charge >= 0.3 is 6.09 Å². The first-order valence-electron chi connectivity index (χ1n) is 9.26. The Kier molecular flexibility index (Phi) is 8.15. The highest BCUT2D eigenvalue weighted by Crippen LogP contribution is 2.25. The first kappa shape index (κ1) is 20.5. The zero-order valence-electron chi connectivity index (χ0n) is 15.7. The lowest BCUT2D eigenvalue weighted by molar-refractivity contribution is -0.147. The van der Waals surface area contributed by atoms with Crippen LogP contribution in [0.3, 0.4) is 0 Å². The smallest absolute Gasteiger partial charge is 0.428 e. The summed E-state index contributed by atoms with van der Waals surface area (Å²) in [5.41, 5.74) is 0.556. The summed E-state index contributed by atoms with van der Waals surface area (Å²) in [4.78, 5) is 11.6. The molecular formula is C19H30N2O5. The molecule has 1 aliphatic rings. The second-order valence-electron chi connectivity index (χ2n) is 6.41. The van der Waals surface area contributed by atoms with E-state index in [1.54, 1.807) is 31.2 Å². The average Bonchev–Trinajstić information content (AvgIpc) is 3.07. The van der Waals surface area contributed by atoms with E-state index in [1.165, 1.54) is 0 Å². The van der Waals surface area contributed by atoms with E-state index in [9.17, 15) is 4.79 Å². The molecule has 0 bridgehead atoms. The highest BCUT2D eigenvalue weighted by Gasteiger charge is 2.29. The zero-order valence-corrected chi connectivity index (χ0v) is 15.7. The van der Waals surface area contributed by atoms with Crippen LogP contribution in [0.5, 0.6) is 5.75 Å². The van der Waals surface area contributed by atoms with Crippen LogP contribution in [0.2, 0.25) is 0 Å². The second-order valence-corrected chi connectivity index (χ2v) is 6.41. The molecular weight excluding hydrogens is 336 g/mol. The van der Waals surface area contributed by atoms with E-state index in [2.05, 4.69) is 0 Å². The van der Waals surface area contributed by atoms with Crippen molar-refractivity contribution in [3.63, 3.8) is 0 Å². The molecule has 1 heterocycles. The lowest BCUT2D eigenvalue weighted by atomic mass is 10.1. The van der Waals surface area contributed by atoms with Crippen molar-refractivity contribution in [1.82, 2.24) is 0 Å². The molecule has 1 aromatic rings. The Bertz CT molecular complexity index is 543. The molecule has 7 nitrogen and oxygen atoms in total. The number of hydrazine groups is 1. The quantitative estimate of drug-likeness (QED) is 0.295. The van der Waals surface area contributed by atoms with E-state index < -0.39 is 6.09 Å². The Hall–Kier alpha value is -1.83. The van der Waals surface area contributed by atoms with Gasteiger partial charge in [-0.15, -0.1) is 0 Å². The number of nitrogens with zero attached hydrogens (tertiary/aromatic N) is 1. The number of amides is 1. The molecule has 7 heteroatoms. The van der Waals surface area contributed by atoms with E-state index in [-0.39, 0.29) is 12.4 Å². The molecule has 0 radical (unpaired) electrons. The van der Waals surface area contributed by atoms with Crippen molar-refractivity contribution < 1.29 is 23.7 Å². The minimum Gasteiger partial charge on any atom is -0.494 e. The Morgan fingerprint density at radius 2 is 1.81 bits per heavy atom. The molecule has 0 atom stereocenters. The van der Waals surface area contributed by atoms with Gasteiger partial charge in [0, 0.05) is 6.42 Å². The fourth-order valence-corrected chi connectivity index (χ4v) is 2.79. The summed E-state index contributed by atoms with van der Waals surface area (Å²) >= 11 is 0. The Morgan fingerprint density at radius 3 is 2.46 bits per heavy atom. The summed E-state index contributed by atoms with van der Waals surface area (Å²) in [6.07, 6.45) is 4.67. The molecule has 146 valence electrons. The topological polar surface area (TPSA) is 83.3 Å². The maximum absolute atomic E-state index is 11.6. The molecule has 0 aromatic heterocycles. The molecule has 0 spiro atoms. The maximum Gasteiger partial charge on any atom is 0.428 e. The normalized spacial score (nSPS) is 15.7. The molecule has 1 aromatic carbocycles. The Labute approximate surface area is 155 Å². The lowest BCUT2D eigenvalue weighted by Crippen LogP contribution is -2.37. The first-order valence-corrected chi connectivity index (χ1v) is 9.26. The molecule has 1 aliphatic heterocycles. The number of rotatable bonds is 10. The van der Waals surface area contributed by atoms with Gasteiger partial charge in [-0.3, -0.25) is 0 Å². The SMILES string of the molecule is CCOC(=O)N(N)c1ccc(OCCCCCCC2(C)OCCO2)cc1. The highest BCUT2D eigenvalue weighted by atomic mass is 16.7. The number of carbonyl (C=O) groups is 1. The van der Waals surface area contributed by atoms with Crippen LogP contribution >= 0.6 is 0 Å². The maximum atomic E-state index is 11.6. The van der Waals surface area contributed by atoms with E-state index in [0.717, 1.165) is 42.9 Å². The number of hydrogen-bond acceptors (Lipinski definition) is 6. The molecule has 1 amide bonds. The molecule has 0 aliphatic carbocycles. The summed E-state index contributed by atoms with van der Waals surface area (Å²) in [5.74, 6) is 6.08. The van der Waals surface area contributed by atoms with Gasteiger partial charge in [-0.2, -0.15) is 0 Å². The fraction of sp³-hybridized carbons (Fsp3) is 0.632. The zero-order chi connectivity index (χ0) is 18.8. The number of benzene rings is 1. The molecule has 0 unspecified atom stereocenters. The molecule has 0 saturated carbocycles. The number of ether oxygens (including phenoxy) is 4. The molecule has 2 N–H and O–H groups in total. The fourth-order valence-electron chi connectivity index (χ4n) is 2.79. The van der Waals surface area contributed by atoms with Crippen LogP contribution in [0, 0.1) is 0 Å². The van der Waals surface area contributed by atoms with Crippen LogP contribution in [0.25, 0.3) is 0 Å². The summed E-state index contributed by atoms with van der Waals surface area (Å²) in [5, 5.41) is 0.978.